The lowest BCUT2D eigenvalue weighted by Crippen LogP contribution is -2.27. The van der Waals surface area contributed by atoms with Crippen LogP contribution in [0.1, 0.15) is 17.1 Å². The van der Waals surface area contributed by atoms with Crippen molar-refractivity contribution in [1.29, 1.82) is 0 Å². The molecule has 0 radical (unpaired) electrons. The maximum Gasteiger partial charge on any atom is 0.578 e. The predicted molar refractivity (Wildman–Crippen MR) is 130 cm³/mol. The van der Waals surface area contributed by atoms with E-state index in [9.17, 15) is 26.1 Å². The van der Waals surface area contributed by atoms with Crippen LogP contribution in [0.25, 0.3) is 12.2 Å². The highest BCUT2D eigenvalue weighted by atomic mass is 32.2. The van der Waals surface area contributed by atoms with Gasteiger partial charge >= 0.3 is 5.51 Å². The highest BCUT2D eigenvalue weighted by Crippen LogP contribution is 2.30. The van der Waals surface area contributed by atoms with Crippen molar-refractivity contribution in [2.24, 2.45) is 0 Å². The van der Waals surface area contributed by atoms with Gasteiger partial charge < -0.3 is 13.7 Å². The Morgan fingerprint density at radius 1 is 1.11 bits per heavy atom. The topological polar surface area (TPSA) is 135 Å². The van der Waals surface area contributed by atoms with Gasteiger partial charge in [-0.15, -0.1) is 18.3 Å². The first-order chi connectivity index (χ1) is 18.1. The number of halogens is 3. The lowest BCUT2D eigenvalue weighted by molar-refractivity contribution is -0.0435. The summed E-state index contributed by atoms with van der Waals surface area (Å²) in [6, 6.07) is 11.0. The van der Waals surface area contributed by atoms with Crippen molar-refractivity contribution < 1.29 is 35.3 Å². The van der Waals surface area contributed by atoms with E-state index in [1.165, 1.54) is 59.6 Å². The van der Waals surface area contributed by atoms with E-state index in [2.05, 4.69) is 20.0 Å². The third-order valence-corrected chi connectivity index (χ3v) is 7.52. The number of oxazole rings is 1. The largest absolute Gasteiger partial charge is 0.604 e. The molecule has 2 aromatic carbocycles. The van der Waals surface area contributed by atoms with Crippen LogP contribution in [0.15, 0.2) is 81.4 Å². The molecule has 38 heavy (non-hydrogen) atoms. The molecule has 0 aliphatic heterocycles. The summed E-state index contributed by atoms with van der Waals surface area (Å²) in [5.74, 6) is 0.660. The minimum Gasteiger partial charge on any atom is -0.604 e. The molecule has 0 saturated carbocycles. The summed E-state index contributed by atoms with van der Waals surface area (Å²) in [4.78, 5) is 3.98. The molecule has 0 aliphatic rings. The molecular weight excluding hydrogens is 547 g/mol. The van der Waals surface area contributed by atoms with Gasteiger partial charge in [-0.05, 0) is 60.2 Å². The molecule has 1 atom stereocenters. The summed E-state index contributed by atoms with van der Waals surface area (Å²) in [5.41, 5.74) is -3.79. The van der Waals surface area contributed by atoms with Gasteiger partial charge in [0.1, 0.15) is 24.3 Å². The summed E-state index contributed by atoms with van der Waals surface area (Å²) in [6.07, 6.45) is 7.61. The van der Waals surface area contributed by atoms with Gasteiger partial charge in [0.05, 0.1) is 28.8 Å². The number of aromatic nitrogens is 4. The van der Waals surface area contributed by atoms with Crippen molar-refractivity contribution in [3.05, 3.63) is 84.3 Å². The monoisotopic (exact) mass is 567 g/mol. The number of nitrogens with zero attached hydrogens (tertiary/aromatic N) is 4. The van der Waals surface area contributed by atoms with Crippen LogP contribution in [-0.4, -0.2) is 45.0 Å². The van der Waals surface area contributed by atoms with Crippen LogP contribution < -0.4 is 9.46 Å². The van der Waals surface area contributed by atoms with E-state index in [0.29, 0.717) is 23.6 Å². The summed E-state index contributed by atoms with van der Waals surface area (Å²) < 4.78 is 88.8. The average molecular weight is 568 g/mol. The molecule has 0 fully saturated rings. The first-order valence-corrected chi connectivity index (χ1v) is 13.5. The van der Waals surface area contributed by atoms with Crippen molar-refractivity contribution in [2.45, 2.75) is 28.5 Å². The molecule has 15 heteroatoms. The second-order valence-electron chi connectivity index (χ2n) is 7.62. The Balaban J connectivity index is 1.27. The fourth-order valence-electron chi connectivity index (χ4n) is 3.07. The standard InChI is InChI=1S/C23H20F3N5O5S2/c24-23(25,26)37(32)20-6-1-17(2-7-20)3-10-22-29-18(16-36-22)15-35-19-4-8-21(9-5-19)38(33,34)28-12-14-31-13-11-27-30-31/h1-11,13,16,28H,12,14-15H2/b10-3+. The van der Waals surface area contributed by atoms with Crippen molar-refractivity contribution in [2.75, 3.05) is 6.54 Å². The Labute approximate surface area is 218 Å². The quantitative estimate of drug-likeness (QED) is 0.272. The maximum atomic E-state index is 12.5. The van der Waals surface area contributed by atoms with Gasteiger partial charge in [0.2, 0.25) is 15.9 Å². The Hall–Kier alpha value is -3.66. The van der Waals surface area contributed by atoms with Gasteiger partial charge in [0.25, 0.3) is 0 Å². The smallest absolute Gasteiger partial charge is 0.578 e. The van der Waals surface area contributed by atoms with E-state index >= 15 is 0 Å². The van der Waals surface area contributed by atoms with Gasteiger partial charge in [-0.3, -0.25) is 4.68 Å². The SMILES string of the molecule is O=S(=O)(NCCn1ccnn1)c1ccc(OCc2coc(/C=C/c3ccc([S+]([O-])C(F)(F)F)cc3)n2)cc1. The summed E-state index contributed by atoms with van der Waals surface area (Å²) in [7, 11) is -3.70. The zero-order chi connectivity index (χ0) is 27.2. The van der Waals surface area contributed by atoms with Gasteiger partial charge in [0, 0.05) is 18.8 Å². The number of benzene rings is 2. The maximum absolute atomic E-state index is 12.5. The second kappa shape index (κ2) is 11.8. The average Bonchev–Trinajstić information content (AvgIpc) is 3.58. The highest BCUT2D eigenvalue weighted by molar-refractivity contribution is 7.92. The molecular formula is C23H20F3N5O5S2. The molecule has 2 heterocycles. The normalized spacial score (nSPS) is 13.2. The van der Waals surface area contributed by atoms with Crippen LogP contribution in [0.5, 0.6) is 5.75 Å². The van der Waals surface area contributed by atoms with Crippen LogP contribution in [0, 0.1) is 0 Å². The molecule has 200 valence electrons. The minimum atomic E-state index is -4.82. The number of hydrogen-bond acceptors (Lipinski definition) is 8. The van der Waals surface area contributed by atoms with Crippen LogP contribution >= 0.6 is 0 Å². The molecule has 2 aromatic heterocycles. The molecule has 0 amide bonds. The third-order valence-electron chi connectivity index (χ3n) is 4.92. The molecule has 0 spiro atoms. The molecule has 1 unspecified atom stereocenters. The van der Waals surface area contributed by atoms with E-state index in [0.717, 1.165) is 12.1 Å². The van der Waals surface area contributed by atoms with Gasteiger partial charge in [-0.2, -0.15) is 0 Å². The number of nitrogens with one attached hydrogen (secondary N) is 1. The van der Waals surface area contributed by atoms with Gasteiger partial charge in [-0.1, -0.05) is 5.21 Å². The lowest BCUT2D eigenvalue weighted by Gasteiger charge is -2.11. The van der Waals surface area contributed by atoms with Crippen molar-refractivity contribution >= 4 is 33.4 Å². The van der Waals surface area contributed by atoms with Crippen LogP contribution in [0.2, 0.25) is 0 Å². The molecule has 4 rings (SSSR count). The third kappa shape index (κ3) is 7.44. The molecule has 0 bridgehead atoms. The first kappa shape index (κ1) is 27.4. The Bertz CT molecular complexity index is 1460. The zero-order valence-corrected chi connectivity index (χ0v) is 21.0. The molecule has 4 aromatic rings. The van der Waals surface area contributed by atoms with E-state index in [4.69, 9.17) is 9.15 Å². The second-order valence-corrected chi connectivity index (χ2v) is 10.9. The van der Waals surface area contributed by atoms with Gasteiger partial charge in [-0.25, -0.2) is 18.1 Å². The molecule has 0 saturated heterocycles. The highest BCUT2D eigenvalue weighted by Gasteiger charge is 2.45. The number of alkyl halides is 3. The fraction of sp³-hybridized carbons (Fsp3) is 0.174. The Kier molecular flexibility index (Phi) is 8.51. The zero-order valence-electron chi connectivity index (χ0n) is 19.4. The van der Waals surface area contributed by atoms with E-state index in [1.54, 1.807) is 12.3 Å². The summed E-state index contributed by atoms with van der Waals surface area (Å²) in [5, 5.41) is 7.42. The van der Waals surface area contributed by atoms with Crippen LogP contribution in [0.4, 0.5) is 13.2 Å². The van der Waals surface area contributed by atoms with Crippen LogP contribution in [-0.2, 0) is 34.4 Å². The fourth-order valence-corrected chi connectivity index (χ4v) is 4.74. The lowest BCUT2D eigenvalue weighted by atomic mass is 10.2. The minimum absolute atomic E-state index is 0.0531. The van der Waals surface area contributed by atoms with E-state index in [1.807, 2.05) is 0 Å². The van der Waals surface area contributed by atoms with Crippen molar-refractivity contribution in [1.82, 2.24) is 24.7 Å². The predicted octanol–water partition coefficient (Wildman–Crippen LogP) is 3.62. The van der Waals surface area contributed by atoms with Crippen molar-refractivity contribution in [3.63, 3.8) is 0 Å². The number of ether oxygens (including phenoxy) is 1. The molecule has 1 N–H and O–H groups in total. The van der Waals surface area contributed by atoms with Crippen molar-refractivity contribution in [3.8, 4) is 5.75 Å². The molecule has 0 aliphatic carbocycles. The number of rotatable bonds is 11. The summed E-state index contributed by atoms with van der Waals surface area (Å²) in [6.45, 7) is 0.542. The van der Waals surface area contributed by atoms with Gasteiger partial charge in [0.15, 0.2) is 4.90 Å². The summed E-state index contributed by atoms with van der Waals surface area (Å²) >= 11 is -3.08. The van der Waals surface area contributed by atoms with Crippen LogP contribution in [0.3, 0.4) is 0 Å². The number of hydrogen-bond donors (Lipinski definition) is 1. The number of sulfonamides is 1. The Morgan fingerprint density at radius 2 is 1.84 bits per heavy atom. The van der Waals surface area contributed by atoms with E-state index < -0.39 is 26.7 Å². The Morgan fingerprint density at radius 3 is 2.50 bits per heavy atom. The first-order valence-electron chi connectivity index (χ1n) is 10.9. The molecule has 10 nitrogen and oxygen atoms in total. The van der Waals surface area contributed by atoms with E-state index in [-0.39, 0.29) is 28.8 Å².